The van der Waals surface area contributed by atoms with Gasteiger partial charge in [0.1, 0.15) is 0 Å². The monoisotopic (exact) mass is 536 g/mol. The topological polar surface area (TPSA) is 101 Å². The number of hydrogen-bond acceptors (Lipinski definition) is 7. The number of hydrogen-bond donors (Lipinski definition) is 1. The number of carbonyl (C=O) groups is 1. The second kappa shape index (κ2) is 10.2. The second-order valence-corrected chi connectivity index (χ2v) is 12.2. The summed E-state index contributed by atoms with van der Waals surface area (Å²) in [6.07, 6.45) is 2.32. The molecule has 192 valence electrons. The van der Waals surface area contributed by atoms with Crippen LogP contribution in [0.5, 0.6) is 0 Å². The van der Waals surface area contributed by atoms with Crippen molar-refractivity contribution < 1.29 is 22.0 Å². The fourth-order valence-corrected chi connectivity index (χ4v) is 6.01. The fourth-order valence-electron chi connectivity index (χ4n) is 4.34. The van der Waals surface area contributed by atoms with Crippen LogP contribution in [0.1, 0.15) is 48.1 Å². The van der Waals surface area contributed by atoms with Crippen molar-refractivity contribution in [3.8, 4) is 0 Å². The van der Waals surface area contributed by atoms with Crippen LogP contribution in [0, 0.1) is 5.92 Å². The van der Waals surface area contributed by atoms with Crippen LogP contribution in [0.4, 0.5) is 13.9 Å². The number of thiazole rings is 1. The summed E-state index contributed by atoms with van der Waals surface area (Å²) in [5.41, 5.74) is 1.45. The minimum Gasteiger partial charge on any atom is -0.302 e. The Labute approximate surface area is 211 Å². The number of fused-ring (bicyclic) bond motifs is 1. The normalized spacial score (nSPS) is 16.0. The number of aromatic nitrogens is 2. The van der Waals surface area contributed by atoms with E-state index in [1.807, 2.05) is 0 Å². The quantitative estimate of drug-likeness (QED) is 0.467. The predicted octanol–water partition coefficient (Wildman–Crippen LogP) is 4.00. The maximum absolute atomic E-state index is 12.9. The third-order valence-corrected chi connectivity index (χ3v) is 8.05. The molecular weight excluding hydrogens is 510 g/mol. The second-order valence-electron chi connectivity index (χ2n) is 9.12. The van der Waals surface area contributed by atoms with Crippen LogP contribution < -0.4 is 10.9 Å². The Bertz CT molecular complexity index is 1430. The van der Waals surface area contributed by atoms with Crippen LogP contribution in [0.15, 0.2) is 52.3 Å². The molecule has 1 atom stereocenters. The first-order valence-electron chi connectivity index (χ1n) is 11.2. The number of halogens is 2. The van der Waals surface area contributed by atoms with Crippen LogP contribution in [-0.2, 0) is 34.1 Å². The van der Waals surface area contributed by atoms with E-state index >= 15 is 0 Å². The average molecular weight is 537 g/mol. The summed E-state index contributed by atoms with van der Waals surface area (Å²) in [6.45, 7) is 2.21. The molecule has 0 saturated carbocycles. The number of nitrogens with zero attached hydrogens (tertiary/aromatic N) is 3. The van der Waals surface area contributed by atoms with Crippen molar-refractivity contribution in [3.63, 3.8) is 0 Å². The highest BCUT2D eigenvalue weighted by Gasteiger charge is 2.36. The lowest BCUT2D eigenvalue weighted by atomic mass is 10.0. The van der Waals surface area contributed by atoms with Gasteiger partial charge in [-0.3, -0.25) is 19.1 Å². The maximum Gasteiger partial charge on any atom is 0.321 e. The average Bonchev–Trinajstić information content (AvgIpc) is 3.29. The Morgan fingerprint density at radius 2 is 1.89 bits per heavy atom. The third kappa shape index (κ3) is 5.71. The molecule has 1 amide bonds. The van der Waals surface area contributed by atoms with Crippen molar-refractivity contribution in [3.05, 3.63) is 74.6 Å². The highest BCUT2D eigenvalue weighted by atomic mass is 32.2. The minimum absolute atomic E-state index is 0.0528. The molecule has 36 heavy (non-hydrogen) atoms. The Hall–Kier alpha value is -2.96. The van der Waals surface area contributed by atoms with Crippen LogP contribution in [0.3, 0.4) is 0 Å². The summed E-state index contributed by atoms with van der Waals surface area (Å²) < 4.78 is 49.3. The number of benzene rings is 1. The van der Waals surface area contributed by atoms with Gasteiger partial charge in [0, 0.05) is 36.5 Å². The number of rotatable bonds is 8. The van der Waals surface area contributed by atoms with Crippen molar-refractivity contribution >= 4 is 32.2 Å². The SMILES string of the molecule is CC(C)[C@H]1c2nc(NC(=O)Cc3ccc(S(C)(=O)=O)cc3)sc2CN1Cc1ccn(C(F)F)c(=O)c1. The smallest absolute Gasteiger partial charge is 0.302 e. The van der Waals surface area contributed by atoms with Crippen molar-refractivity contribution in [2.45, 2.75) is 50.8 Å². The summed E-state index contributed by atoms with van der Waals surface area (Å²) in [5, 5.41) is 3.32. The summed E-state index contributed by atoms with van der Waals surface area (Å²) >= 11 is 1.38. The lowest BCUT2D eigenvalue weighted by Gasteiger charge is -2.27. The molecular formula is C24H26F2N4O4S2. The molecule has 2 aromatic heterocycles. The molecule has 12 heteroatoms. The van der Waals surface area contributed by atoms with Gasteiger partial charge in [-0.1, -0.05) is 26.0 Å². The summed E-state index contributed by atoms with van der Waals surface area (Å²) in [5.74, 6) is -0.0706. The molecule has 0 aliphatic carbocycles. The van der Waals surface area contributed by atoms with Gasteiger partial charge in [-0.25, -0.2) is 13.4 Å². The van der Waals surface area contributed by atoms with Gasteiger partial charge in [0.2, 0.25) is 5.91 Å². The molecule has 3 heterocycles. The summed E-state index contributed by atoms with van der Waals surface area (Å²) in [4.78, 5) is 32.5. The van der Waals surface area contributed by atoms with Gasteiger partial charge in [0.15, 0.2) is 15.0 Å². The number of carbonyl (C=O) groups excluding carboxylic acids is 1. The van der Waals surface area contributed by atoms with Gasteiger partial charge in [0.05, 0.1) is 23.1 Å². The highest BCUT2D eigenvalue weighted by molar-refractivity contribution is 7.90. The zero-order valence-electron chi connectivity index (χ0n) is 19.9. The van der Waals surface area contributed by atoms with Crippen LogP contribution in [0.2, 0.25) is 0 Å². The number of sulfone groups is 1. The van der Waals surface area contributed by atoms with Gasteiger partial charge in [-0.05, 0) is 35.2 Å². The summed E-state index contributed by atoms with van der Waals surface area (Å²) in [7, 11) is -3.30. The number of alkyl halides is 2. The van der Waals surface area contributed by atoms with Crippen molar-refractivity contribution in [2.24, 2.45) is 5.92 Å². The van der Waals surface area contributed by atoms with E-state index in [1.54, 1.807) is 12.1 Å². The largest absolute Gasteiger partial charge is 0.321 e. The molecule has 0 saturated heterocycles. The molecule has 0 unspecified atom stereocenters. The van der Waals surface area contributed by atoms with Crippen molar-refractivity contribution in [2.75, 3.05) is 11.6 Å². The lowest BCUT2D eigenvalue weighted by Crippen LogP contribution is -2.27. The standard InChI is InChI=1S/C24H26F2N4O4S2/c1-14(2)22-21-18(13-29(22)12-16-8-9-30(23(25)26)20(32)11-16)35-24(28-21)27-19(31)10-15-4-6-17(7-5-15)36(3,33)34/h4-9,11,14,22-23H,10,12-13H2,1-3H3,(H,27,28,31)/t22-/m0/s1. The Balaban J connectivity index is 1.44. The Morgan fingerprint density at radius 1 is 1.19 bits per heavy atom. The molecule has 4 rings (SSSR count). The zero-order valence-corrected chi connectivity index (χ0v) is 21.6. The van der Waals surface area contributed by atoms with E-state index in [9.17, 15) is 26.8 Å². The van der Waals surface area contributed by atoms with Crippen molar-refractivity contribution in [1.82, 2.24) is 14.5 Å². The fraction of sp³-hybridized carbons (Fsp3) is 0.375. The Kier molecular flexibility index (Phi) is 7.39. The van der Waals surface area contributed by atoms with Gasteiger partial charge in [-0.2, -0.15) is 8.78 Å². The molecule has 1 aliphatic rings. The zero-order chi connectivity index (χ0) is 26.2. The number of pyridine rings is 1. The highest BCUT2D eigenvalue weighted by Crippen LogP contribution is 2.43. The Morgan fingerprint density at radius 3 is 2.47 bits per heavy atom. The molecule has 3 aromatic rings. The van der Waals surface area contributed by atoms with Crippen LogP contribution >= 0.6 is 11.3 Å². The first kappa shape index (κ1) is 26.1. The number of anilines is 1. The molecule has 1 N–H and O–H groups in total. The van der Waals surface area contributed by atoms with Gasteiger partial charge in [0.25, 0.3) is 5.56 Å². The molecule has 0 fully saturated rings. The van der Waals surface area contributed by atoms with Gasteiger partial charge in [-0.15, -0.1) is 11.3 Å². The predicted molar refractivity (Wildman–Crippen MR) is 133 cm³/mol. The van der Waals surface area contributed by atoms with E-state index in [0.29, 0.717) is 33.9 Å². The minimum atomic E-state index is -3.30. The third-order valence-electron chi connectivity index (χ3n) is 5.95. The number of nitrogens with one attached hydrogen (secondary N) is 1. The van der Waals surface area contributed by atoms with Crippen LogP contribution in [-0.4, -0.2) is 35.0 Å². The first-order valence-corrected chi connectivity index (χ1v) is 13.9. The molecule has 0 radical (unpaired) electrons. The summed E-state index contributed by atoms with van der Waals surface area (Å²) in [6, 6.07) is 8.90. The van der Waals surface area contributed by atoms with Crippen molar-refractivity contribution in [1.29, 1.82) is 0 Å². The lowest BCUT2D eigenvalue weighted by molar-refractivity contribution is -0.115. The number of amides is 1. The van der Waals surface area contributed by atoms with E-state index in [-0.39, 0.29) is 29.2 Å². The van der Waals surface area contributed by atoms with E-state index in [2.05, 4.69) is 29.0 Å². The molecule has 8 nitrogen and oxygen atoms in total. The van der Waals surface area contributed by atoms with E-state index in [4.69, 9.17) is 0 Å². The first-order chi connectivity index (χ1) is 16.9. The molecule has 1 aromatic carbocycles. The van der Waals surface area contributed by atoms with Gasteiger partial charge >= 0.3 is 6.55 Å². The van der Waals surface area contributed by atoms with Crippen LogP contribution in [0.25, 0.3) is 0 Å². The molecule has 1 aliphatic heterocycles. The van der Waals surface area contributed by atoms with E-state index < -0.39 is 21.9 Å². The van der Waals surface area contributed by atoms with Gasteiger partial charge < -0.3 is 5.32 Å². The molecule has 0 spiro atoms. The van der Waals surface area contributed by atoms with E-state index in [0.717, 1.165) is 23.0 Å². The maximum atomic E-state index is 12.9. The van der Waals surface area contributed by atoms with E-state index in [1.165, 1.54) is 35.6 Å². The molecule has 0 bridgehead atoms.